The molecule has 3 amide bonds. The van der Waals surface area contributed by atoms with Crippen molar-refractivity contribution in [3.8, 4) is 10.6 Å². The van der Waals surface area contributed by atoms with Crippen LogP contribution in [0.25, 0.3) is 10.6 Å². The summed E-state index contributed by atoms with van der Waals surface area (Å²) < 4.78 is 0. The van der Waals surface area contributed by atoms with Crippen LogP contribution in [0.4, 0.5) is 4.79 Å². The first kappa shape index (κ1) is 21.0. The normalized spacial score (nSPS) is 14.7. The number of urea groups is 1. The van der Waals surface area contributed by atoms with E-state index in [-0.39, 0.29) is 11.7 Å². The molecule has 1 aromatic heterocycles. The number of carbonyl (C=O) groups excluding carboxylic acids is 2. The first-order valence-corrected chi connectivity index (χ1v) is 11.2. The number of benzene rings is 2. The van der Waals surface area contributed by atoms with Gasteiger partial charge in [-0.3, -0.25) is 15.1 Å². The van der Waals surface area contributed by atoms with Crippen LogP contribution >= 0.6 is 11.3 Å². The van der Waals surface area contributed by atoms with Gasteiger partial charge in [0.15, 0.2) is 0 Å². The zero-order chi connectivity index (χ0) is 21.5. The summed E-state index contributed by atoms with van der Waals surface area (Å²) in [6, 6.07) is 19.7. The third-order valence-corrected chi connectivity index (χ3v) is 6.11. The third kappa shape index (κ3) is 5.90. The number of nitrogens with zero attached hydrogens (tertiary/aromatic N) is 2. The van der Waals surface area contributed by atoms with Crippen molar-refractivity contribution in [1.29, 1.82) is 0 Å². The summed E-state index contributed by atoms with van der Waals surface area (Å²) in [5, 5.41) is 5.37. The summed E-state index contributed by atoms with van der Waals surface area (Å²) in [4.78, 5) is 31.2. The maximum absolute atomic E-state index is 12.3. The largest absolute Gasteiger partial charge is 0.334 e. The molecule has 3 N–H and O–H groups in total. The van der Waals surface area contributed by atoms with E-state index in [2.05, 4.69) is 50.3 Å². The Morgan fingerprint density at radius 2 is 1.65 bits per heavy atom. The lowest BCUT2D eigenvalue weighted by molar-refractivity contribution is 0.0930. The van der Waals surface area contributed by atoms with E-state index in [0.717, 1.165) is 43.0 Å². The minimum absolute atomic E-state index is 0.0906. The van der Waals surface area contributed by atoms with Crippen molar-refractivity contribution in [3.05, 3.63) is 77.3 Å². The molecule has 0 saturated carbocycles. The number of rotatable bonds is 5. The Morgan fingerprint density at radius 1 is 0.968 bits per heavy atom. The second-order valence-corrected chi connectivity index (χ2v) is 8.35. The van der Waals surface area contributed by atoms with Crippen molar-refractivity contribution in [3.63, 3.8) is 0 Å². The number of nitrogens with one attached hydrogen (secondary N) is 3. The molecule has 2 heterocycles. The number of hydrogen-bond acceptors (Lipinski definition) is 5. The lowest BCUT2D eigenvalue weighted by Crippen LogP contribution is -2.52. The van der Waals surface area contributed by atoms with Crippen molar-refractivity contribution >= 4 is 23.3 Å². The molecule has 31 heavy (non-hydrogen) atoms. The quantitative estimate of drug-likeness (QED) is 0.536. The van der Waals surface area contributed by atoms with Crippen LogP contribution in [0.3, 0.4) is 0 Å². The topological polar surface area (TPSA) is 86.4 Å². The van der Waals surface area contributed by atoms with Crippen LogP contribution in [0, 0.1) is 0 Å². The first-order valence-electron chi connectivity index (χ1n) is 10.3. The maximum Gasteiger partial charge on any atom is 0.333 e. The summed E-state index contributed by atoms with van der Waals surface area (Å²) in [6.07, 6.45) is 1.75. The average molecular weight is 436 g/mol. The van der Waals surface area contributed by atoms with Crippen LogP contribution in [0.15, 0.2) is 66.0 Å². The van der Waals surface area contributed by atoms with E-state index < -0.39 is 11.9 Å². The van der Waals surface area contributed by atoms with Gasteiger partial charge in [0.2, 0.25) is 0 Å². The lowest BCUT2D eigenvalue weighted by Gasteiger charge is -2.32. The Hall–Kier alpha value is -3.23. The maximum atomic E-state index is 12.3. The fraction of sp³-hybridized carbons (Fsp3) is 0.261. The molecule has 3 aromatic rings. The van der Waals surface area contributed by atoms with Gasteiger partial charge >= 0.3 is 6.03 Å². The summed E-state index contributed by atoms with van der Waals surface area (Å²) in [6.45, 7) is 2.77. The molecular weight excluding hydrogens is 410 g/mol. The Bertz CT molecular complexity index is 1000. The Morgan fingerprint density at radius 3 is 2.35 bits per heavy atom. The van der Waals surface area contributed by atoms with Gasteiger partial charge in [-0.05, 0) is 18.4 Å². The number of hydrazine groups is 1. The SMILES string of the molecule is O=C(NNC(=O)c1csc(-c2ccccc2)n1)NC1CCN(Cc2ccccc2)CC1. The lowest BCUT2D eigenvalue weighted by atomic mass is 10.0. The summed E-state index contributed by atoms with van der Waals surface area (Å²) >= 11 is 1.39. The first-order chi connectivity index (χ1) is 15.2. The van der Waals surface area contributed by atoms with E-state index in [4.69, 9.17) is 0 Å². The molecule has 0 bridgehead atoms. The van der Waals surface area contributed by atoms with Gasteiger partial charge in [-0.2, -0.15) is 0 Å². The number of piperidine rings is 1. The minimum Gasteiger partial charge on any atom is -0.334 e. The highest BCUT2D eigenvalue weighted by molar-refractivity contribution is 7.13. The van der Waals surface area contributed by atoms with Crippen LogP contribution in [0.2, 0.25) is 0 Å². The van der Waals surface area contributed by atoms with Crippen molar-refractivity contribution in [2.24, 2.45) is 0 Å². The second kappa shape index (κ2) is 10.2. The van der Waals surface area contributed by atoms with E-state index in [1.54, 1.807) is 5.38 Å². The van der Waals surface area contributed by atoms with Crippen LogP contribution in [0.5, 0.6) is 0 Å². The molecule has 0 unspecified atom stereocenters. The molecule has 0 aliphatic carbocycles. The molecule has 1 saturated heterocycles. The third-order valence-electron chi connectivity index (χ3n) is 5.22. The highest BCUT2D eigenvalue weighted by Gasteiger charge is 2.21. The van der Waals surface area contributed by atoms with Gasteiger partial charge in [-0.15, -0.1) is 11.3 Å². The molecule has 0 radical (unpaired) electrons. The minimum atomic E-state index is -0.439. The predicted octanol–water partition coefficient (Wildman–Crippen LogP) is 3.42. The van der Waals surface area contributed by atoms with Gasteiger partial charge in [0, 0.05) is 36.6 Å². The van der Waals surface area contributed by atoms with Gasteiger partial charge in [-0.25, -0.2) is 15.2 Å². The fourth-order valence-corrected chi connectivity index (χ4v) is 4.37. The molecule has 1 aliphatic heterocycles. The van der Waals surface area contributed by atoms with Gasteiger partial charge < -0.3 is 5.32 Å². The molecule has 1 aliphatic rings. The summed E-state index contributed by atoms with van der Waals surface area (Å²) in [7, 11) is 0. The van der Waals surface area contributed by atoms with Crippen LogP contribution in [-0.4, -0.2) is 41.0 Å². The van der Waals surface area contributed by atoms with Crippen molar-refractivity contribution < 1.29 is 9.59 Å². The zero-order valence-electron chi connectivity index (χ0n) is 17.1. The predicted molar refractivity (Wildman–Crippen MR) is 121 cm³/mol. The van der Waals surface area contributed by atoms with Crippen molar-refractivity contribution in [2.75, 3.05) is 13.1 Å². The summed E-state index contributed by atoms with van der Waals surface area (Å²) in [5.41, 5.74) is 7.39. The molecule has 160 valence electrons. The highest BCUT2D eigenvalue weighted by Crippen LogP contribution is 2.23. The van der Waals surface area contributed by atoms with Crippen LogP contribution < -0.4 is 16.2 Å². The van der Waals surface area contributed by atoms with Gasteiger partial charge in [-0.1, -0.05) is 60.7 Å². The number of amides is 3. The van der Waals surface area contributed by atoms with Gasteiger partial charge in [0.05, 0.1) is 0 Å². The van der Waals surface area contributed by atoms with E-state index in [9.17, 15) is 9.59 Å². The van der Waals surface area contributed by atoms with Crippen molar-refractivity contribution in [2.45, 2.75) is 25.4 Å². The smallest absolute Gasteiger partial charge is 0.333 e. The Kier molecular flexibility index (Phi) is 6.91. The number of likely N-dealkylation sites (tertiary alicyclic amines) is 1. The number of carbonyl (C=O) groups is 2. The molecule has 8 heteroatoms. The average Bonchev–Trinajstić information content (AvgIpc) is 3.31. The van der Waals surface area contributed by atoms with Gasteiger partial charge in [0.1, 0.15) is 10.7 Å². The molecule has 0 atom stereocenters. The summed E-state index contributed by atoms with van der Waals surface area (Å²) in [5.74, 6) is -0.439. The fourth-order valence-electron chi connectivity index (χ4n) is 3.57. The molecular formula is C23H25N5O2S. The zero-order valence-corrected chi connectivity index (χ0v) is 17.9. The van der Waals surface area contributed by atoms with Crippen LogP contribution in [-0.2, 0) is 6.54 Å². The standard InChI is InChI=1S/C23H25N5O2S/c29-21(20-16-31-22(25-20)18-9-5-2-6-10-18)26-27-23(30)24-19-11-13-28(14-12-19)15-17-7-3-1-4-8-17/h1-10,16,19H,11-15H2,(H,26,29)(H2,24,27,30). The van der Waals surface area contributed by atoms with Crippen LogP contribution in [0.1, 0.15) is 28.9 Å². The molecule has 2 aromatic carbocycles. The number of thiazole rings is 1. The van der Waals surface area contributed by atoms with Gasteiger partial charge in [0.25, 0.3) is 5.91 Å². The Labute approximate surface area is 185 Å². The van der Waals surface area contributed by atoms with E-state index >= 15 is 0 Å². The molecule has 0 spiro atoms. The van der Waals surface area contributed by atoms with Crippen molar-refractivity contribution in [1.82, 2.24) is 26.1 Å². The number of aromatic nitrogens is 1. The molecule has 4 rings (SSSR count). The Balaban J connectivity index is 1.19. The van der Waals surface area contributed by atoms with E-state index in [1.165, 1.54) is 16.9 Å². The monoisotopic (exact) mass is 435 g/mol. The second-order valence-electron chi connectivity index (χ2n) is 7.49. The molecule has 7 nitrogen and oxygen atoms in total. The number of hydrogen-bond donors (Lipinski definition) is 3. The van der Waals surface area contributed by atoms with E-state index in [0.29, 0.717) is 0 Å². The highest BCUT2D eigenvalue weighted by atomic mass is 32.1. The molecule has 1 fully saturated rings. The van der Waals surface area contributed by atoms with E-state index in [1.807, 2.05) is 36.4 Å².